The number of rotatable bonds is 3. The van der Waals surface area contributed by atoms with E-state index in [-0.39, 0.29) is 17.2 Å². The van der Waals surface area contributed by atoms with Gasteiger partial charge in [0, 0.05) is 15.6 Å². The van der Waals surface area contributed by atoms with E-state index in [0.717, 1.165) is 4.47 Å². The first-order valence-electron chi connectivity index (χ1n) is 8.27. The van der Waals surface area contributed by atoms with E-state index in [9.17, 15) is 9.59 Å². The second-order valence-electron chi connectivity index (χ2n) is 5.94. The Bertz CT molecular complexity index is 1200. The minimum Gasteiger partial charge on any atom is -0.321 e. The maximum Gasteiger partial charge on any atom is 0.275 e. The zero-order valence-electron chi connectivity index (χ0n) is 14.1. The molecule has 27 heavy (non-hydrogen) atoms. The number of fused-ring (bicyclic) bond motifs is 1. The number of aromatic amines is 1. The average molecular weight is 420 g/mol. The van der Waals surface area contributed by atoms with Crippen molar-refractivity contribution in [3.05, 3.63) is 93.2 Å². The molecular formula is C21H14BrN3O2. The molecule has 3 aromatic carbocycles. The van der Waals surface area contributed by atoms with E-state index in [1.165, 1.54) is 0 Å². The molecule has 0 bridgehead atoms. The zero-order valence-corrected chi connectivity index (χ0v) is 15.7. The standard InChI is InChI=1S/C21H14BrN3O2/c22-14-10-11-16(24-20(26)13-6-2-1-3-7-13)15(12-14)19-21(27)25-18-9-5-4-8-17(18)23-19/h1-12H,(H,24,26)(H,25,27). The van der Waals surface area contributed by atoms with E-state index < -0.39 is 0 Å². The quantitative estimate of drug-likeness (QED) is 0.509. The number of aromatic nitrogens is 2. The van der Waals surface area contributed by atoms with Crippen LogP contribution in [-0.4, -0.2) is 15.9 Å². The van der Waals surface area contributed by atoms with Gasteiger partial charge in [-0.2, -0.15) is 0 Å². The Hall–Kier alpha value is -3.25. The second kappa shape index (κ2) is 7.17. The van der Waals surface area contributed by atoms with Crippen LogP contribution in [-0.2, 0) is 0 Å². The second-order valence-corrected chi connectivity index (χ2v) is 6.86. The summed E-state index contributed by atoms with van der Waals surface area (Å²) in [6.07, 6.45) is 0. The molecule has 0 spiro atoms. The van der Waals surface area contributed by atoms with Gasteiger partial charge in [-0.3, -0.25) is 9.59 Å². The third kappa shape index (κ3) is 3.52. The molecule has 0 radical (unpaired) electrons. The lowest BCUT2D eigenvalue weighted by Gasteiger charge is -2.12. The van der Waals surface area contributed by atoms with Crippen molar-refractivity contribution in [1.82, 2.24) is 9.97 Å². The van der Waals surface area contributed by atoms with Crippen LogP contribution in [0.1, 0.15) is 10.4 Å². The molecule has 6 heteroatoms. The predicted octanol–water partition coefficient (Wildman–Crippen LogP) is 4.60. The smallest absolute Gasteiger partial charge is 0.275 e. The van der Waals surface area contributed by atoms with Crippen LogP contribution >= 0.6 is 15.9 Å². The Kier molecular flexibility index (Phi) is 4.56. The van der Waals surface area contributed by atoms with Gasteiger partial charge in [0.15, 0.2) is 0 Å². The number of carbonyl (C=O) groups is 1. The van der Waals surface area contributed by atoms with Crippen LogP contribution in [0.5, 0.6) is 0 Å². The fourth-order valence-corrected chi connectivity index (χ4v) is 3.18. The van der Waals surface area contributed by atoms with Crippen molar-refractivity contribution >= 4 is 38.6 Å². The number of nitrogens with one attached hydrogen (secondary N) is 2. The molecule has 1 amide bonds. The number of para-hydroxylation sites is 2. The van der Waals surface area contributed by atoms with Crippen molar-refractivity contribution in [2.45, 2.75) is 0 Å². The van der Waals surface area contributed by atoms with Crippen molar-refractivity contribution in [2.24, 2.45) is 0 Å². The van der Waals surface area contributed by atoms with Gasteiger partial charge < -0.3 is 10.3 Å². The largest absolute Gasteiger partial charge is 0.321 e. The van der Waals surface area contributed by atoms with Crippen LogP contribution in [0.25, 0.3) is 22.3 Å². The van der Waals surface area contributed by atoms with Crippen molar-refractivity contribution in [2.75, 3.05) is 5.32 Å². The van der Waals surface area contributed by atoms with Crippen molar-refractivity contribution in [3.8, 4) is 11.3 Å². The van der Waals surface area contributed by atoms with E-state index in [4.69, 9.17) is 0 Å². The van der Waals surface area contributed by atoms with Gasteiger partial charge in [-0.15, -0.1) is 0 Å². The van der Waals surface area contributed by atoms with Gasteiger partial charge in [0.2, 0.25) is 0 Å². The molecule has 132 valence electrons. The summed E-state index contributed by atoms with van der Waals surface area (Å²) in [5.41, 5.74) is 2.86. The highest BCUT2D eigenvalue weighted by Gasteiger charge is 2.15. The first-order valence-corrected chi connectivity index (χ1v) is 9.06. The summed E-state index contributed by atoms with van der Waals surface area (Å²) in [6.45, 7) is 0. The molecule has 0 aliphatic carbocycles. The molecule has 0 unspecified atom stereocenters. The highest BCUT2D eigenvalue weighted by Crippen LogP contribution is 2.29. The number of nitrogens with zero attached hydrogens (tertiary/aromatic N) is 1. The predicted molar refractivity (Wildman–Crippen MR) is 110 cm³/mol. The first-order chi connectivity index (χ1) is 13.1. The third-order valence-corrected chi connectivity index (χ3v) is 4.61. The molecular weight excluding hydrogens is 406 g/mol. The van der Waals surface area contributed by atoms with Crippen LogP contribution in [0.2, 0.25) is 0 Å². The maximum atomic E-state index is 12.6. The summed E-state index contributed by atoms with van der Waals surface area (Å²) in [7, 11) is 0. The zero-order chi connectivity index (χ0) is 18.8. The summed E-state index contributed by atoms with van der Waals surface area (Å²) in [4.78, 5) is 32.5. The van der Waals surface area contributed by atoms with E-state index in [1.807, 2.05) is 24.3 Å². The summed E-state index contributed by atoms with van der Waals surface area (Å²) >= 11 is 3.43. The summed E-state index contributed by atoms with van der Waals surface area (Å²) in [6, 6.07) is 21.6. The molecule has 0 saturated carbocycles. The van der Waals surface area contributed by atoms with E-state index >= 15 is 0 Å². The normalized spacial score (nSPS) is 10.7. The van der Waals surface area contributed by atoms with Gasteiger partial charge in [0.1, 0.15) is 5.69 Å². The number of anilines is 1. The van der Waals surface area contributed by atoms with E-state index in [1.54, 1.807) is 48.5 Å². The van der Waals surface area contributed by atoms with Gasteiger partial charge in [0.05, 0.1) is 16.7 Å². The molecule has 4 rings (SSSR count). The summed E-state index contributed by atoms with van der Waals surface area (Å²) in [5.74, 6) is -0.253. The lowest BCUT2D eigenvalue weighted by molar-refractivity contribution is 0.102. The third-order valence-electron chi connectivity index (χ3n) is 4.12. The Balaban J connectivity index is 1.82. The number of H-pyrrole nitrogens is 1. The van der Waals surface area contributed by atoms with Crippen molar-refractivity contribution in [3.63, 3.8) is 0 Å². The topological polar surface area (TPSA) is 74.8 Å². The van der Waals surface area contributed by atoms with Crippen LogP contribution in [0.3, 0.4) is 0 Å². The molecule has 1 aromatic heterocycles. The molecule has 2 N–H and O–H groups in total. The fourth-order valence-electron chi connectivity index (χ4n) is 2.82. The number of halogens is 1. The van der Waals surface area contributed by atoms with Gasteiger partial charge in [-0.1, -0.05) is 46.3 Å². The molecule has 4 aromatic rings. The van der Waals surface area contributed by atoms with Gasteiger partial charge in [-0.25, -0.2) is 4.98 Å². The molecule has 5 nitrogen and oxygen atoms in total. The number of benzene rings is 3. The lowest BCUT2D eigenvalue weighted by Crippen LogP contribution is -2.16. The van der Waals surface area contributed by atoms with Crippen LogP contribution in [0.4, 0.5) is 5.69 Å². The van der Waals surface area contributed by atoms with Crippen molar-refractivity contribution in [1.29, 1.82) is 0 Å². The fraction of sp³-hybridized carbons (Fsp3) is 0. The Morgan fingerprint density at radius 2 is 1.70 bits per heavy atom. The van der Waals surface area contributed by atoms with Crippen LogP contribution in [0.15, 0.2) is 82.1 Å². The lowest BCUT2D eigenvalue weighted by atomic mass is 10.1. The monoisotopic (exact) mass is 419 g/mol. The Labute approximate surface area is 163 Å². The van der Waals surface area contributed by atoms with Crippen molar-refractivity contribution < 1.29 is 4.79 Å². The van der Waals surface area contributed by atoms with Gasteiger partial charge in [0.25, 0.3) is 11.5 Å². The maximum absolute atomic E-state index is 12.6. The molecule has 0 saturated heterocycles. The minimum absolute atomic E-state index is 0.248. The number of hydrogen-bond donors (Lipinski definition) is 2. The highest BCUT2D eigenvalue weighted by atomic mass is 79.9. The van der Waals surface area contributed by atoms with Crippen LogP contribution < -0.4 is 10.9 Å². The van der Waals surface area contributed by atoms with Gasteiger partial charge >= 0.3 is 0 Å². The minimum atomic E-state index is -0.318. The molecule has 0 aliphatic rings. The van der Waals surface area contributed by atoms with Gasteiger partial charge in [-0.05, 0) is 42.5 Å². The summed E-state index contributed by atoms with van der Waals surface area (Å²) < 4.78 is 0.782. The highest BCUT2D eigenvalue weighted by molar-refractivity contribution is 9.10. The molecule has 0 aliphatic heterocycles. The molecule has 1 heterocycles. The Morgan fingerprint density at radius 3 is 2.52 bits per heavy atom. The van der Waals surface area contributed by atoms with E-state index in [2.05, 4.69) is 31.2 Å². The Morgan fingerprint density at radius 1 is 0.963 bits per heavy atom. The number of hydrogen-bond acceptors (Lipinski definition) is 3. The number of amides is 1. The first kappa shape index (κ1) is 17.2. The molecule has 0 fully saturated rings. The van der Waals surface area contributed by atoms with Crippen LogP contribution in [0, 0.1) is 0 Å². The number of carbonyl (C=O) groups excluding carboxylic acids is 1. The SMILES string of the molecule is O=C(Nc1ccc(Br)cc1-c1nc2ccccc2[nH]c1=O)c1ccccc1. The molecule has 0 atom stereocenters. The summed E-state index contributed by atoms with van der Waals surface area (Å²) in [5, 5.41) is 2.88. The van der Waals surface area contributed by atoms with E-state index in [0.29, 0.717) is 27.8 Å². The average Bonchev–Trinajstić information content (AvgIpc) is 2.69.